The number of primary amides is 1. The zero-order valence-corrected chi connectivity index (χ0v) is 22.0. The average Bonchev–Trinajstić information content (AvgIpc) is 2.90. The number of carbonyl (C=O) groups is 5. The number of nitrogens with two attached hydrogens (primary N) is 1. The highest BCUT2D eigenvalue weighted by Gasteiger charge is 2.64. The molecule has 2 fully saturated rings. The zero-order valence-electron chi connectivity index (χ0n) is 22.0. The Morgan fingerprint density at radius 3 is 2.33 bits per heavy atom. The first-order chi connectivity index (χ1) is 18.8. The number of benzene rings is 1. The van der Waals surface area contributed by atoms with Crippen LogP contribution in [-0.2, 0) is 30.3 Å². The van der Waals surface area contributed by atoms with Crippen molar-refractivity contribution in [2.75, 3.05) is 27.3 Å². The number of phenols is 1. The van der Waals surface area contributed by atoms with Gasteiger partial charge in [0.05, 0.1) is 11.6 Å². The molecular formula is C28H30N2O10. The molecule has 0 unspecified atom stereocenters. The number of phenolic OH excluding ortho intramolecular Hbond substituents is 1. The fourth-order valence-electron chi connectivity index (χ4n) is 6.73. The number of aliphatic hydroxyl groups excluding tert-OH is 2. The maximum Gasteiger partial charge on any atom is 0.255 e. The minimum absolute atomic E-state index is 0.0224. The fraction of sp³-hybridized carbons (Fsp3) is 0.464. The summed E-state index contributed by atoms with van der Waals surface area (Å²) in [5.41, 5.74) is 1.24. The zero-order chi connectivity index (χ0) is 29.3. The third kappa shape index (κ3) is 3.81. The number of hydrogen-bond donors (Lipinski definition) is 5. The Morgan fingerprint density at radius 1 is 1.07 bits per heavy atom. The first kappa shape index (κ1) is 27.7. The van der Waals surface area contributed by atoms with Crippen molar-refractivity contribution >= 4 is 34.8 Å². The van der Waals surface area contributed by atoms with Gasteiger partial charge in [-0.1, -0.05) is 0 Å². The van der Waals surface area contributed by atoms with Crippen LogP contribution in [0.2, 0.25) is 0 Å². The molecule has 12 heteroatoms. The largest absolute Gasteiger partial charge is 0.508 e. The number of ketones is 4. The van der Waals surface area contributed by atoms with E-state index in [9.17, 15) is 44.4 Å². The molecule has 40 heavy (non-hydrogen) atoms. The van der Waals surface area contributed by atoms with Gasteiger partial charge < -0.3 is 30.9 Å². The molecule has 1 amide bonds. The molecule has 212 valence electrons. The number of aromatic hydroxyl groups is 1. The minimum Gasteiger partial charge on any atom is -0.508 e. The van der Waals surface area contributed by atoms with Crippen LogP contribution in [0.5, 0.6) is 5.75 Å². The van der Waals surface area contributed by atoms with Crippen molar-refractivity contribution in [1.29, 1.82) is 0 Å². The van der Waals surface area contributed by atoms with E-state index in [1.165, 1.54) is 25.1 Å². The van der Waals surface area contributed by atoms with Crippen LogP contribution in [-0.4, -0.2) is 93.3 Å². The van der Waals surface area contributed by atoms with Crippen LogP contribution in [0.3, 0.4) is 0 Å². The van der Waals surface area contributed by atoms with Crippen molar-refractivity contribution in [3.63, 3.8) is 0 Å². The molecule has 12 nitrogen and oxygen atoms in total. The van der Waals surface area contributed by atoms with Gasteiger partial charge in [-0.2, -0.15) is 0 Å². The molecule has 1 heterocycles. The second-order valence-electron chi connectivity index (χ2n) is 11.0. The maximum atomic E-state index is 13.9. The van der Waals surface area contributed by atoms with Crippen LogP contribution in [0.4, 0.5) is 0 Å². The molecule has 1 aliphatic heterocycles. The molecular weight excluding hydrogens is 524 g/mol. The van der Waals surface area contributed by atoms with Gasteiger partial charge in [0.1, 0.15) is 22.8 Å². The Labute approximate surface area is 228 Å². The number of nitrogens with zero attached hydrogens (tertiary/aromatic N) is 1. The summed E-state index contributed by atoms with van der Waals surface area (Å²) in [4.78, 5) is 66.9. The summed E-state index contributed by atoms with van der Waals surface area (Å²) in [5, 5.41) is 44.5. The van der Waals surface area contributed by atoms with Gasteiger partial charge in [0.2, 0.25) is 17.3 Å². The summed E-state index contributed by atoms with van der Waals surface area (Å²) < 4.78 is 5.27. The predicted octanol–water partition coefficient (Wildman–Crippen LogP) is 0.142. The quantitative estimate of drug-likeness (QED) is 0.188. The lowest BCUT2D eigenvalue weighted by atomic mass is 9.57. The number of rotatable bonds is 5. The highest BCUT2D eigenvalue weighted by Crippen LogP contribution is 2.53. The van der Waals surface area contributed by atoms with E-state index in [2.05, 4.69) is 0 Å². The molecule has 4 atom stereocenters. The van der Waals surface area contributed by atoms with Gasteiger partial charge in [-0.3, -0.25) is 28.9 Å². The number of fused-ring (bicyclic) bond motifs is 3. The number of hydrogen-bond acceptors (Lipinski definition) is 11. The van der Waals surface area contributed by atoms with Crippen LogP contribution >= 0.6 is 0 Å². The van der Waals surface area contributed by atoms with Crippen molar-refractivity contribution in [2.45, 2.75) is 37.3 Å². The standard InChI is InChI=1S/C28H30N2O10/c1-30(2)20-15-10-12-9-14-13(22(33)21(32)11-5-7-40-8-6-11)3-4-16(31)18(14)23(34)17(12)25(36)28(15,39)26(37)19(24(20)35)27(29)38/h3-4,11-12,15,20,31,34,37,39H,5-10H2,1-2H3,(H2,29,38)/t12-,15-,20-,28-/m1/s1. The van der Waals surface area contributed by atoms with E-state index in [4.69, 9.17) is 10.5 Å². The Bertz CT molecular complexity index is 1430. The molecule has 0 aromatic heterocycles. The second kappa shape index (κ2) is 9.65. The summed E-state index contributed by atoms with van der Waals surface area (Å²) >= 11 is 0. The van der Waals surface area contributed by atoms with Crippen molar-refractivity contribution in [2.24, 2.45) is 23.5 Å². The van der Waals surface area contributed by atoms with Gasteiger partial charge in [0.15, 0.2) is 11.4 Å². The third-order valence-electron chi connectivity index (χ3n) is 8.66. The maximum absolute atomic E-state index is 13.9. The van der Waals surface area contributed by atoms with E-state index in [0.29, 0.717) is 26.1 Å². The number of ether oxygens (including phenoxy) is 1. The fourth-order valence-corrected chi connectivity index (χ4v) is 6.73. The normalized spacial score (nSPS) is 28.8. The molecule has 5 rings (SSSR count). The average molecular weight is 555 g/mol. The summed E-state index contributed by atoms with van der Waals surface area (Å²) in [6.07, 6.45) is 0.581. The van der Waals surface area contributed by atoms with Crippen LogP contribution in [0, 0.1) is 17.8 Å². The van der Waals surface area contributed by atoms with Gasteiger partial charge in [-0.15, -0.1) is 0 Å². The van der Waals surface area contributed by atoms with Gasteiger partial charge in [-0.25, -0.2) is 0 Å². The van der Waals surface area contributed by atoms with Crippen LogP contribution in [0.15, 0.2) is 29.0 Å². The Morgan fingerprint density at radius 2 is 1.73 bits per heavy atom. The third-order valence-corrected chi connectivity index (χ3v) is 8.66. The van der Waals surface area contributed by atoms with E-state index in [-0.39, 0.29) is 35.1 Å². The lowest BCUT2D eigenvalue weighted by molar-refractivity contribution is -0.153. The van der Waals surface area contributed by atoms with Crippen molar-refractivity contribution in [3.8, 4) is 5.75 Å². The highest BCUT2D eigenvalue weighted by molar-refractivity contribution is 6.44. The van der Waals surface area contributed by atoms with Crippen LogP contribution in [0.1, 0.15) is 40.7 Å². The van der Waals surface area contributed by atoms with E-state index in [1.54, 1.807) is 0 Å². The van der Waals surface area contributed by atoms with Gasteiger partial charge in [0.25, 0.3) is 5.91 Å². The molecule has 1 aromatic carbocycles. The van der Waals surface area contributed by atoms with E-state index in [0.717, 1.165) is 6.07 Å². The van der Waals surface area contributed by atoms with Gasteiger partial charge in [0, 0.05) is 36.2 Å². The lowest BCUT2D eigenvalue weighted by Gasteiger charge is -2.50. The molecule has 3 aliphatic carbocycles. The number of likely N-dealkylation sites (N-methyl/N-ethyl adjacent to an activating group) is 1. The number of Topliss-reactive ketones (excluding diaryl/α,β-unsaturated/α-hetero) is 4. The van der Waals surface area contributed by atoms with Crippen molar-refractivity contribution < 1.29 is 49.1 Å². The van der Waals surface area contributed by atoms with Crippen LogP contribution in [0.25, 0.3) is 5.76 Å². The highest BCUT2D eigenvalue weighted by atomic mass is 16.5. The smallest absolute Gasteiger partial charge is 0.255 e. The summed E-state index contributed by atoms with van der Waals surface area (Å²) in [7, 11) is 3.01. The first-order valence-electron chi connectivity index (χ1n) is 13.0. The Hall–Kier alpha value is -3.87. The van der Waals surface area contributed by atoms with Gasteiger partial charge in [-0.05, 0) is 63.4 Å². The van der Waals surface area contributed by atoms with E-state index >= 15 is 0 Å². The second-order valence-corrected chi connectivity index (χ2v) is 11.0. The molecule has 6 N–H and O–H groups in total. The molecule has 0 radical (unpaired) electrons. The monoisotopic (exact) mass is 554 g/mol. The lowest BCUT2D eigenvalue weighted by Crippen LogP contribution is -2.65. The molecule has 4 aliphatic rings. The molecule has 0 spiro atoms. The number of carbonyl (C=O) groups excluding carboxylic acids is 5. The molecule has 1 saturated carbocycles. The summed E-state index contributed by atoms with van der Waals surface area (Å²) in [6.45, 7) is 0.701. The SMILES string of the molecule is CN(C)[C@H]1C(=O)C(C(N)=O)=C(O)[C@]2(O)C(=O)C3=C(O)c4c(O)ccc(C(=O)C(=O)C5CCOCC5)c4C[C@@H]3C[C@H]12. The van der Waals surface area contributed by atoms with E-state index in [1.807, 2.05) is 0 Å². The topological polar surface area (TPSA) is 205 Å². The Kier molecular flexibility index (Phi) is 6.68. The number of aliphatic hydroxyl groups is 3. The minimum atomic E-state index is -2.76. The molecule has 0 bridgehead atoms. The Balaban J connectivity index is 1.65. The van der Waals surface area contributed by atoms with E-state index < -0.39 is 81.3 Å². The van der Waals surface area contributed by atoms with Crippen molar-refractivity contribution in [1.82, 2.24) is 4.90 Å². The first-order valence-corrected chi connectivity index (χ1v) is 13.0. The van der Waals surface area contributed by atoms with Crippen molar-refractivity contribution in [3.05, 3.63) is 45.7 Å². The molecule has 1 aromatic rings. The van der Waals surface area contributed by atoms with Gasteiger partial charge >= 0.3 is 0 Å². The molecule has 1 saturated heterocycles. The predicted molar refractivity (Wildman–Crippen MR) is 137 cm³/mol. The summed E-state index contributed by atoms with van der Waals surface area (Å²) in [5.74, 6) is -9.71. The van der Waals surface area contributed by atoms with Crippen LogP contribution < -0.4 is 5.73 Å². The number of amides is 1. The summed E-state index contributed by atoms with van der Waals surface area (Å²) in [6, 6.07) is 1.21.